The largest absolute Gasteiger partial charge is 0.415 e. The molecule has 2 saturated heterocycles. The Balaban J connectivity index is 1.18. The minimum absolute atomic E-state index is 0.0281. The number of anilines is 1. The van der Waals surface area contributed by atoms with Gasteiger partial charge in [0.1, 0.15) is 11.4 Å². The first-order valence-electron chi connectivity index (χ1n) is 16.4. The maximum Gasteiger partial charge on any atom is 0.415 e. The van der Waals surface area contributed by atoms with Crippen molar-refractivity contribution < 1.29 is 14.3 Å². The van der Waals surface area contributed by atoms with Gasteiger partial charge in [0.05, 0.1) is 6.04 Å². The summed E-state index contributed by atoms with van der Waals surface area (Å²) >= 11 is 0. The highest BCUT2D eigenvalue weighted by molar-refractivity contribution is 5.75. The molecular weight excluding hydrogens is 594 g/mol. The minimum Gasteiger partial charge on any atom is -0.410 e. The quantitative estimate of drug-likeness (QED) is 0.294. The molecule has 1 N–H and O–H groups in total. The van der Waals surface area contributed by atoms with Gasteiger partial charge in [0.15, 0.2) is 0 Å². The van der Waals surface area contributed by atoms with Crippen LogP contribution in [0.4, 0.5) is 10.7 Å². The zero-order valence-electron chi connectivity index (χ0n) is 27.6. The van der Waals surface area contributed by atoms with Crippen molar-refractivity contribution in [3.63, 3.8) is 0 Å². The van der Waals surface area contributed by atoms with Gasteiger partial charge in [-0.25, -0.2) is 9.78 Å². The number of hydrogen-bond acceptors (Lipinski definition) is 8. The summed E-state index contributed by atoms with van der Waals surface area (Å²) < 4.78 is 7.28. The fourth-order valence-electron chi connectivity index (χ4n) is 6.92. The van der Waals surface area contributed by atoms with E-state index in [1.165, 1.54) is 5.56 Å². The van der Waals surface area contributed by atoms with E-state index in [1.807, 2.05) is 36.9 Å². The van der Waals surface area contributed by atoms with E-state index in [4.69, 9.17) is 9.72 Å². The first-order valence-corrected chi connectivity index (χ1v) is 16.4. The molecule has 2 aromatic heterocycles. The van der Waals surface area contributed by atoms with Gasteiger partial charge in [0.25, 0.3) is 5.56 Å². The summed E-state index contributed by atoms with van der Waals surface area (Å²) in [5, 5.41) is 4.23. The number of nitrogens with one attached hydrogen (secondary N) is 1. The first-order chi connectivity index (χ1) is 22.6. The van der Waals surface area contributed by atoms with Gasteiger partial charge in [-0.3, -0.25) is 19.1 Å². The summed E-state index contributed by atoms with van der Waals surface area (Å²) in [5.41, 5.74) is 2.56. The molecule has 11 heteroatoms. The van der Waals surface area contributed by atoms with Gasteiger partial charge in [-0.15, -0.1) is 0 Å². The molecule has 2 aliphatic rings. The molecule has 0 radical (unpaired) electrons. The van der Waals surface area contributed by atoms with E-state index in [9.17, 15) is 14.4 Å². The Morgan fingerprint density at radius 1 is 0.851 bits per heavy atom. The lowest BCUT2D eigenvalue weighted by Crippen LogP contribution is -2.60. The van der Waals surface area contributed by atoms with Crippen LogP contribution >= 0.6 is 0 Å². The summed E-state index contributed by atoms with van der Waals surface area (Å²) in [6.45, 7) is 11.6. The Kier molecular flexibility index (Phi) is 9.26. The van der Waals surface area contributed by atoms with Gasteiger partial charge in [-0.05, 0) is 62.9 Å². The lowest BCUT2D eigenvalue weighted by Gasteiger charge is -2.51. The van der Waals surface area contributed by atoms with E-state index in [2.05, 4.69) is 46.4 Å². The Morgan fingerprint density at radius 2 is 1.53 bits per heavy atom. The van der Waals surface area contributed by atoms with Crippen LogP contribution in [-0.4, -0.2) is 80.5 Å². The molecule has 47 heavy (non-hydrogen) atoms. The third kappa shape index (κ3) is 6.71. The third-order valence-corrected chi connectivity index (χ3v) is 9.60. The standard InChI is InChI=1S/C36H43N7O4/c1-25(2)43-32(45)15-12-29-24-37-34(39-33(29)43)38-26(3)28-10-13-30(14-11-28)36(16-18-40(19-17-36)27(4)44)42-22-20-41(21-23-42)35(46)47-31-8-6-5-7-9-31/h5-15,24-26H,16-23H2,1-4H3,(H,37,38,39)/t26-/m0/s1. The molecule has 2 amide bonds. The Morgan fingerprint density at radius 3 is 2.17 bits per heavy atom. The summed E-state index contributed by atoms with van der Waals surface area (Å²) in [6, 6.07) is 21.0. The van der Waals surface area contributed by atoms with Gasteiger partial charge < -0.3 is 19.9 Å². The second-order valence-corrected chi connectivity index (χ2v) is 12.8. The van der Waals surface area contributed by atoms with Crippen molar-refractivity contribution in [2.24, 2.45) is 0 Å². The van der Waals surface area contributed by atoms with Crippen LogP contribution in [0.5, 0.6) is 5.75 Å². The molecule has 0 aliphatic carbocycles. The molecule has 0 unspecified atom stereocenters. The van der Waals surface area contributed by atoms with Crippen LogP contribution in [0.15, 0.2) is 77.7 Å². The Labute approximate surface area is 275 Å². The summed E-state index contributed by atoms with van der Waals surface area (Å²) in [7, 11) is 0. The Bertz CT molecular complexity index is 1780. The number of nitrogens with zero attached hydrogens (tertiary/aromatic N) is 6. The molecule has 2 aromatic carbocycles. The van der Waals surface area contributed by atoms with Gasteiger partial charge in [-0.1, -0.05) is 42.5 Å². The maximum atomic E-state index is 12.9. The van der Waals surface area contributed by atoms with Crippen LogP contribution in [0, 0.1) is 0 Å². The van der Waals surface area contributed by atoms with Crippen LogP contribution in [0.3, 0.4) is 0 Å². The van der Waals surface area contributed by atoms with Crippen molar-refractivity contribution in [1.82, 2.24) is 29.2 Å². The van der Waals surface area contributed by atoms with Crippen molar-refractivity contribution in [3.05, 3.63) is 94.4 Å². The molecule has 246 valence electrons. The molecule has 2 fully saturated rings. The summed E-state index contributed by atoms with van der Waals surface area (Å²) in [5.74, 6) is 1.11. The number of rotatable bonds is 7. The minimum atomic E-state index is -0.329. The number of pyridine rings is 1. The number of likely N-dealkylation sites (tertiary alicyclic amines) is 1. The summed E-state index contributed by atoms with van der Waals surface area (Å²) in [4.78, 5) is 53.1. The predicted molar refractivity (Wildman–Crippen MR) is 181 cm³/mol. The molecule has 4 aromatic rings. The van der Waals surface area contributed by atoms with E-state index in [0.717, 1.165) is 23.8 Å². The fourth-order valence-corrected chi connectivity index (χ4v) is 6.92. The average molecular weight is 638 g/mol. The first kappa shape index (κ1) is 32.2. The van der Waals surface area contributed by atoms with E-state index in [0.29, 0.717) is 56.6 Å². The molecule has 0 bridgehead atoms. The zero-order chi connectivity index (χ0) is 33.1. The number of amides is 2. The van der Waals surface area contributed by atoms with Crippen LogP contribution in [-0.2, 0) is 10.3 Å². The van der Waals surface area contributed by atoms with Gasteiger partial charge in [0.2, 0.25) is 11.9 Å². The number of para-hydroxylation sites is 1. The van der Waals surface area contributed by atoms with Crippen molar-refractivity contribution in [1.29, 1.82) is 0 Å². The number of carbonyl (C=O) groups is 2. The van der Waals surface area contributed by atoms with Gasteiger partial charge in [-0.2, -0.15) is 4.98 Å². The van der Waals surface area contributed by atoms with E-state index >= 15 is 0 Å². The molecule has 2 aliphatic heterocycles. The molecule has 4 heterocycles. The lowest BCUT2D eigenvalue weighted by molar-refractivity contribution is -0.132. The molecule has 0 saturated carbocycles. The second kappa shape index (κ2) is 13.5. The second-order valence-electron chi connectivity index (χ2n) is 12.8. The number of piperidine rings is 1. The average Bonchev–Trinajstić information content (AvgIpc) is 3.08. The van der Waals surface area contributed by atoms with E-state index in [-0.39, 0.29) is 35.2 Å². The number of aromatic nitrogens is 3. The van der Waals surface area contributed by atoms with Crippen molar-refractivity contribution in [3.8, 4) is 5.75 Å². The Hall–Kier alpha value is -4.77. The number of benzene rings is 2. The summed E-state index contributed by atoms with van der Waals surface area (Å²) in [6.07, 6.45) is 3.05. The predicted octanol–water partition coefficient (Wildman–Crippen LogP) is 5.20. The van der Waals surface area contributed by atoms with Crippen LogP contribution in [0.25, 0.3) is 11.0 Å². The SMILES string of the molecule is CC(=O)N1CCC(c2ccc([C@H](C)Nc3ncc4ccc(=O)n(C(C)C)c4n3)cc2)(N2CCN(C(=O)Oc3ccccc3)CC2)CC1. The molecular formula is C36H43N7O4. The van der Waals surface area contributed by atoms with Crippen LogP contribution in [0.2, 0.25) is 0 Å². The highest BCUT2D eigenvalue weighted by atomic mass is 16.6. The number of carbonyl (C=O) groups excluding carboxylic acids is 2. The number of ether oxygens (including phenoxy) is 1. The smallest absolute Gasteiger partial charge is 0.410 e. The fraction of sp³-hybridized carbons (Fsp3) is 0.417. The van der Waals surface area contributed by atoms with E-state index < -0.39 is 0 Å². The maximum absolute atomic E-state index is 12.9. The van der Waals surface area contributed by atoms with Crippen LogP contribution in [0.1, 0.15) is 63.7 Å². The lowest BCUT2D eigenvalue weighted by atomic mass is 9.78. The van der Waals surface area contributed by atoms with E-state index in [1.54, 1.807) is 46.9 Å². The molecule has 1 atom stereocenters. The normalized spacial score (nSPS) is 17.5. The molecule has 11 nitrogen and oxygen atoms in total. The zero-order valence-corrected chi connectivity index (χ0v) is 27.6. The number of fused-ring (bicyclic) bond motifs is 1. The van der Waals surface area contributed by atoms with Gasteiger partial charge >= 0.3 is 6.09 Å². The van der Waals surface area contributed by atoms with Crippen molar-refractivity contribution in [2.45, 2.75) is 58.2 Å². The van der Waals surface area contributed by atoms with Gasteiger partial charge in [0, 0.05) is 75.4 Å². The monoisotopic (exact) mass is 637 g/mol. The number of hydrogen-bond donors (Lipinski definition) is 1. The highest BCUT2D eigenvalue weighted by Crippen LogP contribution is 2.40. The van der Waals surface area contributed by atoms with Crippen molar-refractivity contribution >= 4 is 29.0 Å². The molecule has 0 spiro atoms. The third-order valence-electron chi connectivity index (χ3n) is 9.60. The molecule has 6 rings (SSSR count). The van der Waals surface area contributed by atoms with Crippen LogP contribution < -0.4 is 15.6 Å². The number of piperazine rings is 1. The topological polar surface area (TPSA) is 113 Å². The van der Waals surface area contributed by atoms with Crippen molar-refractivity contribution in [2.75, 3.05) is 44.6 Å². The highest BCUT2D eigenvalue weighted by Gasteiger charge is 2.43.